The predicted molar refractivity (Wildman–Crippen MR) is 119 cm³/mol. The third kappa shape index (κ3) is 8.91. The molecule has 0 spiro atoms. The lowest BCUT2D eigenvalue weighted by Gasteiger charge is -2.17. The van der Waals surface area contributed by atoms with Crippen molar-refractivity contribution in [1.82, 2.24) is 5.32 Å². The van der Waals surface area contributed by atoms with Crippen LogP contribution in [0, 0.1) is 0 Å². The minimum atomic E-state index is -0.0748. The van der Waals surface area contributed by atoms with Gasteiger partial charge in [0.2, 0.25) is 5.91 Å². The van der Waals surface area contributed by atoms with E-state index in [9.17, 15) is 4.79 Å². The van der Waals surface area contributed by atoms with Gasteiger partial charge in [-0.05, 0) is 54.8 Å². The highest BCUT2D eigenvalue weighted by atomic mass is 35.5. The largest absolute Gasteiger partial charge is 0.497 e. The van der Waals surface area contributed by atoms with E-state index in [1.165, 1.54) is 17.0 Å². The highest BCUT2D eigenvalue weighted by Crippen LogP contribution is 2.17. The lowest BCUT2D eigenvalue weighted by molar-refractivity contribution is -0.119. The maximum atomic E-state index is 11.5. The molecular weight excluding hydrogens is 374 g/mol. The Balaban J connectivity index is 0.000000307. The van der Waals surface area contributed by atoms with E-state index in [2.05, 4.69) is 36.2 Å². The molecule has 2 aromatic rings. The lowest BCUT2D eigenvalue weighted by atomic mass is 10.1. The topological polar surface area (TPSA) is 53.9 Å². The normalized spacial score (nSPS) is 9.71. The van der Waals surface area contributed by atoms with Crippen LogP contribution in [0.5, 0.6) is 5.75 Å². The van der Waals surface area contributed by atoms with Gasteiger partial charge in [-0.25, -0.2) is 0 Å². The summed E-state index contributed by atoms with van der Waals surface area (Å²) in [5.74, 6) is 0.860. The molecule has 0 heterocycles. The number of hydrogen-bond donors (Lipinski definition) is 1. The zero-order valence-corrected chi connectivity index (χ0v) is 17.7. The van der Waals surface area contributed by atoms with Crippen molar-refractivity contribution in [2.45, 2.75) is 33.1 Å². The van der Waals surface area contributed by atoms with Crippen LogP contribution in [0.3, 0.4) is 0 Å². The summed E-state index contributed by atoms with van der Waals surface area (Å²) < 4.78 is 5.05. The SMILES string of the molecule is C=NN(CC(=O)NCCC)c1ccc(Cl)cc1.CCCc1ccc(OC)cc1. The smallest absolute Gasteiger partial charge is 0.241 e. The van der Waals surface area contributed by atoms with Crippen molar-refractivity contribution in [2.75, 3.05) is 25.2 Å². The van der Waals surface area contributed by atoms with Crippen LogP contribution < -0.4 is 15.1 Å². The van der Waals surface area contributed by atoms with E-state index >= 15 is 0 Å². The van der Waals surface area contributed by atoms with Gasteiger partial charge in [-0.1, -0.05) is 44.0 Å². The number of hydrogen-bond acceptors (Lipinski definition) is 4. The molecule has 0 fully saturated rings. The number of carbonyl (C=O) groups is 1. The van der Waals surface area contributed by atoms with Gasteiger partial charge in [0.05, 0.1) is 12.8 Å². The molecular formula is C22H30ClN3O2. The Morgan fingerprint density at radius 1 is 1.11 bits per heavy atom. The molecule has 1 amide bonds. The van der Waals surface area contributed by atoms with Gasteiger partial charge in [0.25, 0.3) is 0 Å². The zero-order valence-electron chi connectivity index (χ0n) is 17.0. The average molecular weight is 404 g/mol. The van der Waals surface area contributed by atoms with Crippen molar-refractivity contribution in [3.8, 4) is 5.75 Å². The van der Waals surface area contributed by atoms with Gasteiger partial charge in [-0.2, -0.15) is 5.10 Å². The number of methoxy groups -OCH3 is 1. The minimum absolute atomic E-state index is 0.0748. The van der Waals surface area contributed by atoms with E-state index in [0.717, 1.165) is 24.3 Å². The number of aryl methyl sites for hydroxylation is 1. The average Bonchev–Trinajstić information content (AvgIpc) is 2.72. The van der Waals surface area contributed by atoms with E-state index in [1.54, 1.807) is 31.4 Å². The number of benzene rings is 2. The molecule has 2 rings (SSSR count). The van der Waals surface area contributed by atoms with Crippen LogP contribution in [0.25, 0.3) is 0 Å². The van der Waals surface area contributed by atoms with Crippen molar-refractivity contribution in [3.63, 3.8) is 0 Å². The van der Waals surface area contributed by atoms with Gasteiger partial charge in [0.1, 0.15) is 12.3 Å². The number of nitrogens with one attached hydrogen (secondary N) is 1. The monoisotopic (exact) mass is 403 g/mol. The van der Waals surface area contributed by atoms with Gasteiger partial charge in [0.15, 0.2) is 0 Å². The molecule has 0 aliphatic rings. The second-order valence-electron chi connectivity index (χ2n) is 6.12. The van der Waals surface area contributed by atoms with Crippen molar-refractivity contribution in [2.24, 2.45) is 5.10 Å². The van der Waals surface area contributed by atoms with Gasteiger partial charge in [-0.15, -0.1) is 0 Å². The Bertz CT molecular complexity index is 703. The lowest BCUT2D eigenvalue weighted by Crippen LogP contribution is -2.34. The maximum absolute atomic E-state index is 11.5. The molecule has 0 radical (unpaired) electrons. The molecule has 6 heteroatoms. The molecule has 0 atom stereocenters. The molecule has 152 valence electrons. The Kier molecular flexibility index (Phi) is 11.4. The van der Waals surface area contributed by atoms with E-state index < -0.39 is 0 Å². The molecule has 0 saturated heterocycles. The quantitative estimate of drug-likeness (QED) is 0.476. The third-order valence-corrected chi connectivity index (χ3v) is 4.11. The molecule has 0 bridgehead atoms. The van der Waals surface area contributed by atoms with Crippen molar-refractivity contribution in [3.05, 3.63) is 59.1 Å². The van der Waals surface area contributed by atoms with Crippen LogP contribution in [-0.4, -0.2) is 32.8 Å². The van der Waals surface area contributed by atoms with Crippen LogP contribution in [0.2, 0.25) is 5.02 Å². The van der Waals surface area contributed by atoms with Gasteiger partial charge in [0, 0.05) is 18.3 Å². The van der Waals surface area contributed by atoms with Crippen LogP contribution in [0.4, 0.5) is 5.69 Å². The first kappa shape index (κ1) is 23.5. The molecule has 2 aromatic carbocycles. The summed E-state index contributed by atoms with van der Waals surface area (Å²) in [6, 6.07) is 15.3. The summed E-state index contributed by atoms with van der Waals surface area (Å²) in [4.78, 5) is 11.5. The number of rotatable bonds is 9. The highest BCUT2D eigenvalue weighted by molar-refractivity contribution is 6.30. The molecule has 0 saturated carbocycles. The molecule has 1 N–H and O–H groups in total. The first-order valence-corrected chi connectivity index (χ1v) is 9.81. The summed E-state index contributed by atoms with van der Waals surface area (Å²) in [6.45, 7) is 8.47. The van der Waals surface area contributed by atoms with Crippen LogP contribution in [-0.2, 0) is 11.2 Å². The number of nitrogens with zero attached hydrogens (tertiary/aromatic N) is 2. The number of halogens is 1. The van der Waals surface area contributed by atoms with Crippen LogP contribution in [0.1, 0.15) is 32.3 Å². The molecule has 0 aromatic heterocycles. The number of ether oxygens (including phenoxy) is 1. The summed E-state index contributed by atoms with van der Waals surface area (Å²) in [5, 5.41) is 8.77. The molecule has 0 unspecified atom stereocenters. The third-order valence-electron chi connectivity index (χ3n) is 3.86. The van der Waals surface area contributed by atoms with E-state index in [0.29, 0.717) is 11.6 Å². The summed E-state index contributed by atoms with van der Waals surface area (Å²) in [5.41, 5.74) is 2.17. The number of carbonyl (C=O) groups excluding carboxylic acids is 1. The summed E-state index contributed by atoms with van der Waals surface area (Å²) in [6.07, 6.45) is 3.27. The number of amides is 1. The standard InChI is InChI=1S/C12H16ClN3O.C10H14O/c1-3-8-15-12(17)9-16(14-2)11-6-4-10(13)5-7-11;1-3-4-9-5-7-10(11-2)8-6-9/h4-7H,2-3,8-9H2,1H3,(H,15,17);5-8H,3-4H2,1-2H3. The molecule has 5 nitrogen and oxygen atoms in total. The van der Waals surface area contributed by atoms with E-state index in [1.807, 2.05) is 19.1 Å². The first-order valence-electron chi connectivity index (χ1n) is 9.43. The minimum Gasteiger partial charge on any atom is -0.497 e. The van der Waals surface area contributed by atoms with Gasteiger partial charge >= 0.3 is 0 Å². The Labute approximate surface area is 173 Å². The fourth-order valence-corrected chi connectivity index (χ4v) is 2.50. The molecule has 0 aliphatic heterocycles. The Morgan fingerprint density at radius 2 is 1.75 bits per heavy atom. The fraction of sp³-hybridized carbons (Fsp3) is 0.364. The Morgan fingerprint density at radius 3 is 2.25 bits per heavy atom. The van der Waals surface area contributed by atoms with E-state index in [4.69, 9.17) is 16.3 Å². The van der Waals surface area contributed by atoms with Crippen LogP contribution >= 0.6 is 11.6 Å². The zero-order chi connectivity index (χ0) is 20.8. The van der Waals surface area contributed by atoms with Gasteiger partial charge < -0.3 is 10.1 Å². The van der Waals surface area contributed by atoms with Crippen LogP contribution in [0.15, 0.2) is 53.6 Å². The summed E-state index contributed by atoms with van der Waals surface area (Å²) in [7, 11) is 1.69. The van der Waals surface area contributed by atoms with Crippen molar-refractivity contribution in [1.29, 1.82) is 0 Å². The maximum Gasteiger partial charge on any atom is 0.241 e. The molecule has 0 aliphatic carbocycles. The number of hydrazone groups is 1. The molecule has 28 heavy (non-hydrogen) atoms. The van der Waals surface area contributed by atoms with Gasteiger partial charge in [-0.3, -0.25) is 9.80 Å². The Hall–Kier alpha value is -2.53. The first-order chi connectivity index (χ1) is 13.5. The van der Waals surface area contributed by atoms with Crippen molar-refractivity contribution >= 4 is 29.9 Å². The summed E-state index contributed by atoms with van der Waals surface area (Å²) >= 11 is 5.79. The number of anilines is 1. The fourth-order valence-electron chi connectivity index (χ4n) is 2.37. The predicted octanol–water partition coefficient (Wildman–Crippen LogP) is 4.94. The highest BCUT2D eigenvalue weighted by Gasteiger charge is 2.09. The van der Waals surface area contributed by atoms with E-state index in [-0.39, 0.29) is 12.5 Å². The second-order valence-corrected chi connectivity index (χ2v) is 6.56. The van der Waals surface area contributed by atoms with Crippen molar-refractivity contribution < 1.29 is 9.53 Å². The second kappa shape index (κ2) is 13.6.